The van der Waals surface area contributed by atoms with E-state index >= 15 is 0 Å². The molecular weight excluding hydrogens is 448 g/mol. The Balaban J connectivity index is 1.38. The van der Waals surface area contributed by atoms with Crippen LogP contribution in [0.3, 0.4) is 0 Å². The van der Waals surface area contributed by atoms with Crippen LogP contribution in [-0.2, 0) is 6.42 Å². The second-order valence-corrected chi connectivity index (χ2v) is 11.0. The van der Waals surface area contributed by atoms with Crippen molar-refractivity contribution >= 4 is 0 Å². The van der Waals surface area contributed by atoms with E-state index in [1.807, 2.05) is 12.5 Å². The molecule has 1 heterocycles. The van der Waals surface area contributed by atoms with Gasteiger partial charge in [-0.1, -0.05) is 164 Å². The highest BCUT2D eigenvalue weighted by Gasteiger charge is 2.24. The van der Waals surface area contributed by atoms with E-state index in [1.54, 1.807) is 0 Å². The van der Waals surface area contributed by atoms with Gasteiger partial charge in [0.25, 0.3) is 0 Å². The molecule has 0 N–H and O–H groups in total. The van der Waals surface area contributed by atoms with Crippen LogP contribution >= 0.6 is 0 Å². The Morgan fingerprint density at radius 1 is 0.622 bits per heavy atom. The molecule has 0 saturated carbocycles. The third-order valence-corrected chi connectivity index (χ3v) is 8.00. The van der Waals surface area contributed by atoms with Gasteiger partial charge in [-0.15, -0.1) is 0 Å². The summed E-state index contributed by atoms with van der Waals surface area (Å²) in [6, 6.07) is 22.5. The van der Waals surface area contributed by atoms with Crippen molar-refractivity contribution in [3.05, 3.63) is 90.5 Å². The van der Waals surface area contributed by atoms with E-state index in [2.05, 4.69) is 83.3 Å². The zero-order valence-electron chi connectivity index (χ0n) is 23.6. The van der Waals surface area contributed by atoms with E-state index in [9.17, 15) is 0 Å². The fourth-order valence-corrected chi connectivity index (χ4v) is 5.79. The molecule has 0 fully saturated rings. The van der Waals surface area contributed by atoms with E-state index in [1.165, 1.54) is 114 Å². The molecule has 3 aromatic rings. The Hall–Kier alpha value is -2.35. The maximum atomic E-state index is 4.41. The third-order valence-electron chi connectivity index (χ3n) is 8.00. The van der Waals surface area contributed by atoms with E-state index < -0.39 is 0 Å². The van der Waals surface area contributed by atoms with Crippen molar-refractivity contribution in [2.45, 2.75) is 128 Å². The molecule has 2 nitrogen and oxygen atoms in total. The molecule has 2 heteroatoms. The van der Waals surface area contributed by atoms with E-state index in [-0.39, 0.29) is 0 Å². The summed E-state index contributed by atoms with van der Waals surface area (Å²) >= 11 is 0. The van der Waals surface area contributed by atoms with Gasteiger partial charge < -0.3 is 4.57 Å². The number of benzene rings is 2. The summed E-state index contributed by atoms with van der Waals surface area (Å²) in [6.45, 7) is 2.30. The van der Waals surface area contributed by atoms with Gasteiger partial charge in [-0.25, -0.2) is 4.98 Å². The quantitative estimate of drug-likeness (QED) is 0.133. The standard InChI is InChI=1S/C35H52N2/c1-2-3-4-5-6-7-8-9-10-11-12-13-14-15-22-27-35(37-29-28-36-31-37)34(33-25-20-17-21-26-33)30-32-23-18-16-19-24-32/h16-21,23-26,28-29,31,34-35H,2-15,22,27,30H2,1H3. The lowest BCUT2D eigenvalue weighted by Crippen LogP contribution is -2.19. The first kappa shape index (κ1) is 29.2. The first-order chi connectivity index (χ1) is 18.4. The third kappa shape index (κ3) is 11.7. The number of imidazole rings is 1. The second kappa shape index (κ2) is 18.8. The molecule has 2 aromatic carbocycles. The van der Waals surface area contributed by atoms with Gasteiger partial charge in [0.05, 0.1) is 6.33 Å². The van der Waals surface area contributed by atoms with Crippen LogP contribution in [0.2, 0.25) is 0 Å². The van der Waals surface area contributed by atoms with Gasteiger partial charge in [0, 0.05) is 24.4 Å². The van der Waals surface area contributed by atoms with Crippen LogP contribution < -0.4 is 0 Å². The molecule has 0 bridgehead atoms. The molecule has 0 aliphatic rings. The van der Waals surface area contributed by atoms with Crippen LogP contribution in [0, 0.1) is 0 Å². The van der Waals surface area contributed by atoms with Crippen molar-refractivity contribution in [3.63, 3.8) is 0 Å². The molecule has 0 radical (unpaired) electrons. The summed E-state index contributed by atoms with van der Waals surface area (Å²) in [5.41, 5.74) is 2.85. The highest BCUT2D eigenvalue weighted by molar-refractivity contribution is 5.25. The van der Waals surface area contributed by atoms with Crippen molar-refractivity contribution in [1.82, 2.24) is 9.55 Å². The highest BCUT2D eigenvalue weighted by atomic mass is 15.1. The maximum Gasteiger partial charge on any atom is 0.0948 e. The van der Waals surface area contributed by atoms with Crippen LogP contribution in [0.15, 0.2) is 79.4 Å². The average Bonchev–Trinajstić information content (AvgIpc) is 3.48. The average molecular weight is 501 g/mol. The molecule has 0 saturated heterocycles. The lowest BCUT2D eigenvalue weighted by atomic mass is 9.83. The Morgan fingerprint density at radius 2 is 1.14 bits per heavy atom. The Labute approximate surface area is 227 Å². The van der Waals surface area contributed by atoms with Crippen LogP contribution in [0.4, 0.5) is 0 Å². The van der Waals surface area contributed by atoms with Crippen LogP contribution in [0.1, 0.15) is 133 Å². The molecule has 202 valence electrons. The second-order valence-electron chi connectivity index (χ2n) is 11.0. The predicted molar refractivity (Wildman–Crippen MR) is 160 cm³/mol. The minimum atomic E-state index is 0.437. The lowest BCUT2D eigenvalue weighted by Gasteiger charge is -2.29. The molecule has 0 aliphatic heterocycles. The topological polar surface area (TPSA) is 17.8 Å². The van der Waals surface area contributed by atoms with Gasteiger partial charge in [0.1, 0.15) is 0 Å². The number of hydrogen-bond acceptors (Lipinski definition) is 1. The summed E-state index contributed by atoms with van der Waals surface area (Å²) in [5.74, 6) is 0.449. The van der Waals surface area contributed by atoms with Gasteiger partial charge >= 0.3 is 0 Å². The summed E-state index contributed by atoms with van der Waals surface area (Å²) in [5, 5.41) is 0. The molecule has 1 aromatic heterocycles. The molecule has 0 amide bonds. The summed E-state index contributed by atoms with van der Waals surface area (Å²) in [4.78, 5) is 4.41. The molecule has 37 heavy (non-hydrogen) atoms. The first-order valence-corrected chi connectivity index (χ1v) is 15.4. The summed E-state index contributed by atoms with van der Waals surface area (Å²) in [7, 11) is 0. The lowest BCUT2D eigenvalue weighted by molar-refractivity contribution is 0.366. The van der Waals surface area contributed by atoms with Crippen molar-refractivity contribution in [2.75, 3.05) is 0 Å². The molecule has 2 unspecified atom stereocenters. The normalized spacial score (nSPS) is 13.0. The molecule has 3 rings (SSSR count). The van der Waals surface area contributed by atoms with Crippen molar-refractivity contribution in [1.29, 1.82) is 0 Å². The van der Waals surface area contributed by atoms with E-state index in [4.69, 9.17) is 0 Å². The Kier molecular flexibility index (Phi) is 14.9. The van der Waals surface area contributed by atoms with Gasteiger partial charge in [0.2, 0.25) is 0 Å². The zero-order chi connectivity index (χ0) is 25.8. The minimum absolute atomic E-state index is 0.437. The van der Waals surface area contributed by atoms with Crippen molar-refractivity contribution in [2.24, 2.45) is 0 Å². The largest absolute Gasteiger partial charge is 0.334 e. The number of rotatable bonds is 21. The van der Waals surface area contributed by atoms with Crippen LogP contribution in [-0.4, -0.2) is 9.55 Å². The molecule has 0 spiro atoms. The number of unbranched alkanes of at least 4 members (excludes halogenated alkanes) is 14. The van der Waals surface area contributed by atoms with Crippen molar-refractivity contribution in [3.8, 4) is 0 Å². The van der Waals surface area contributed by atoms with Gasteiger partial charge in [-0.2, -0.15) is 0 Å². The number of hydrogen-bond donors (Lipinski definition) is 0. The minimum Gasteiger partial charge on any atom is -0.334 e. The van der Waals surface area contributed by atoms with Gasteiger partial charge in [-0.3, -0.25) is 0 Å². The van der Waals surface area contributed by atoms with Crippen LogP contribution in [0.25, 0.3) is 0 Å². The number of aromatic nitrogens is 2. The Bertz CT molecular complexity index is 888. The van der Waals surface area contributed by atoms with Crippen LogP contribution in [0.5, 0.6) is 0 Å². The van der Waals surface area contributed by atoms with Gasteiger partial charge in [-0.05, 0) is 24.0 Å². The predicted octanol–water partition coefficient (Wildman–Crippen LogP) is 10.7. The van der Waals surface area contributed by atoms with E-state index in [0.717, 1.165) is 6.42 Å². The van der Waals surface area contributed by atoms with E-state index in [0.29, 0.717) is 12.0 Å². The fraction of sp³-hybridized carbons (Fsp3) is 0.571. The summed E-state index contributed by atoms with van der Waals surface area (Å²) < 4.78 is 2.37. The zero-order valence-corrected chi connectivity index (χ0v) is 23.6. The monoisotopic (exact) mass is 500 g/mol. The fourth-order valence-electron chi connectivity index (χ4n) is 5.79. The summed E-state index contributed by atoms with van der Waals surface area (Å²) in [6.07, 6.45) is 29.6. The first-order valence-electron chi connectivity index (χ1n) is 15.4. The molecular formula is C35H52N2. The molecule has 2 atom stereocenters. The van der Waals surface area contributed by atoms with Crippen molar-refractivity contribution < 1.29 is 0 Å². The highest BCUT2D eigenvalue weighted by Crippen LogP contribution is 2.36. The molecule has 0 aliphatic carbocycles. The SMILES string of the molecule is CCCCCCCCCCCCCCCCCC(C(Cc1ccccc1)c1ccccc1)n1ccnc1. The number of nitrogens with zero attached hydrogens (tertiary/aromatic N) is 2. The smallest absolute Gasteiger partial charge is 0.0948 e. The van der Waals surface area contributed by atoms with Gasteiger partial charge in [0.15, 0.2) is 0 Å². The Morgan fingerprint density at radius 3 is 1.65 bits per heavy atom. The maximum absolute atomic E-state index is 4.41.